The number of fused-ring (bicyclic) bond motifs is 2. The average Bonchev–Trinajstić information content (AvgIpc) is 3.21. The van der Waals surface area contributed by atoms with E-state index in [9.17, 15) is 9.59 Å². The summed E-state index contributed by atoms with van der Waals surface area (Å²) in [6, 6.07) is 15.1. The third-order valence-electron chi connectivity index (χ3n) is 4.38. The third-order valence-corrected chi connectivity index (χ3v) is 4.38. The normalized spacial score (nSPS) is 15.5. The number of carbonyl (C=O) groups is 2. The van der Waals surface area contributed by atoms with Crippen LogP contribution in [0.4, 0.5) is 0 Å². The van der Waals surface area contributed by atoms with Gasteiger partial charge in [0, 0.05) is 30.6 Å². The Morgan fingerprint density at radius 3 is 2.68 bits per heavy atom. The summed E-state index contributed by atoms with van der Waals surface area (Å²) in [5.74, 6) is -0.0199. The Labute approximate surface area is 144 Å². The van der Waals surface area contributed by atoms with Crippen molar-refractivity contribution in [3.8, 4) is 5.75 Å². The lowest BCUT2D eigenvalue weighted by Crippen LogP contribution is -2.47. The topological polar surface area (TPSA) is 72.4 Å². The number of hydrogen-bond acceptors (Lipinski definition) is 3. The molecule has 126 valence electrons. The van der Waals surface area contributed by atoms with Crippen molar-refractivity contribution in [2.24, 2.45) is 7.05 Å². The molecule has 2 amide bonds. The van der Waals surface area contributed by atoms with Crippen LogP contribution in [-0.2, 0) is 18.3 Å². The molecule has 1 aromatic heterocycles. The molecule has 25 heavy (non-hydrogen) atoms. The highest BCUT2D eigenvalue weighted by molar-refractivity contribution is 6.07. The number of carbonyl (C=O) groups excluding carboxylic acids is 2. The first-order valence-electron chi connectivity index (χ1n) is 8.02. The molecule has 0 unspecified atom stereocenters. The maximum absolute atomic E-state index is 12.4. The van der Waals surface area contributed by atoms with E-state index in [1.54, 1.807) is 6.20 Å². The van der Waals surface area contributed by atoms with Crippen molar-refractivity contribution < 1.29 is 14.3 Å². The van der Waals surface area contributed by atoms with Gasteiger partial charge in [0.15, 0.2) is 6.10 Å². The molecule has 1 atom stereocenters. The Kier molecular flexibility index (Phi) is 3.65. The molecule has 6 heteroatoms. The molecule has 0 spiro atoms. The molecule has 0 radical (unpaired) electrons. The van der Waals surface area contributed by atoms with Crippen LogP contribution >= 0.6 is 0 Å². The fraction of sp³-hybridized carbons (Fsp3) is 0.158. The molecule has 6 nitrogen and oxygen atoms in total. The molecule has 0 fully saturated rings. The van der Waals surface area contributed by atoms with Crippen LogP contribution in [0.3, 0.4) is 0 Å². The Morgan fingerprint density at radius 1 is 1.08 bits per heavy atom. The number of benzene rings is 2. The predicted octanol–water partition coefficient (Wildman–Crippen LogP) is 1.94. The second kappa shape index (κ2) is 5.98. The van der Waals surface area contributed by atoms with Gasteiger partial charge in [-0.15, -0.1) is 0 Å². The van der Waals surface area contributed by atoms with Gasteiger partial charge in [0.2, 0.25) is 0 Å². The predicted molar refractivity (Wildman–Crippen MR) is 93.1 cm³/mol. The van der Waals surface area contributed by atoms with Crippen LogP contribution in [0.25, 0.3) is 10.9 Å². The van der Waals surface area contributed by atoms with Gasteiger partial charge in [-0.1, -0.05) is 36.4 Å². The number of hydrogen-bond donors (Lipinski definition) is 2. The summed E-state index contributed by atoms with van der Waals surface area (Å²) in [4.78, 5) is 24.7. The molecule has 3 aromatic rings. The summed E-state index contributed by atoms with van der Waals surface area (Å²) in [6.45, 7) is 0. The molecule has 1 aliphatic heterocycles. The van der Waals surface area contributed by atoms with Gasteiger partial charge in [0.05, 0.1) is 5.56 Å². The van der Waals surface area contributed by atoms with Gasteiger partial charge < -0.3 is 9.30 Å². The van der Waals surface area contributed by atoms with E-state index in [1.807, 2.05) is 60.1 Å². The zero-order valence-electron chi connectivity index (χ0n) is 13.7. The Bertz CT molecular complexity index is 952. The van der Waals surface area contributed by atoms with Crippen LogP contribution in [0.1, 0.15) is 15.9 Å². The molecule has 0 saturated carbocycles. The number of nitrogens with one attached hydrogen (secondary N) is 2. The molecule has 0 aliphatic carbocycles. The molecule has 0 bridgehead atoms. The third kappa shape index (κ3) is 2.71. The van der Waals surface area contributed by atoms with Gasteiger partial charge in [-0.3, -0.25) is 20.4 Å². The van der Waals surface area contributed by atoms with Gasteiger partial charge in [-0.05, 0) is 17.7 Å². The monoisotopic (exact) mass is 335 g/mol. The maximum atomic E-state index is 12.4. The van der Waals surface area contributed by atoms with Crippen LogP contribution < -0.4 is 15.6 Å². The standard InChI is InChI=1S/C19H17N3O3/c1-22-11-14(13-7-3-4-8-15(13)22)18(23)20-21-19(24)17-10-12-6-2-5-9-16(12)25-17/h2-9,11,17H,10H2,1H3,(H,20,23)(H,21,24)/t17-/m1/s1. The van der Waals surface area contributed by atoms with Gasteiger partial charge in [-0.2, -0.15) is 0 Å². The van der Waals surface area contributed by atoms with Crippen molar-refractivity contribution in [2.75, 3.05) is 0 Å². The summed E-state index contributed by atoms with van der Waals surface area (Å²) >= 11 is 0. The fourth-order valence-electron chi connectivity index (χ4n) is 3.12. The van der Waals surface area contributed by atoms with E-state index < -0.39 is 6.10 Å². The number of rotatable bonds is 2. The summed E-state index contributed by atoms with van der Waals surface area (Å²) in [5.41, 5.74) is 7.38. The molecule has 2 heterocycles. The fourth-order valence-corrected chi connectivity index (χ4v) is 3.12. The first-order chi connectivity index (χ1) is 12.1. The van der Waals surface area contributed by atoms with Gasteiger partial charge in [0.1, 0.15) is 5.75 Å². The lowest BCUT2D eigenvalue weighted by Gasteiger charge is -2.12. The van der Waals surface area contributed by atoms with Crippen molar-refractivity contribution in [1.29, 1.82) is 0 Å². The van der Waals surface area contributed by atoms with E-state index >= 15 is 0 Å². The highest BCUT2D eigenvalue weighted by atomic mass is 16.5. The minimum atomic E-state index is -0.634. The number of para-hydroxylation sites is 2. The van der Waals surface area contributed by atoms with E-state index in [4.69, 9.17) is 4.74 Å². The number of hydrazine groups is 1. The number of nitrogens with zero attached hydrogens (tertiary/aromatic N) is 1. The molecule has 2 N–H and O–H groups in total. The van der Waals surface area contributed by atoms with Crippen molar-refractivity contribution in [3.05, 3.63) is 65.9 Å². The SMILES string of the molecule is Cn1cc(C(=O)NNC(=O)[C@H]2Cc3ccccc3O2)c2ccccc21. The van der Waals surface area contributed by atoms with Crippen molar-refractivity contribution in [1.82, 2.24) is 15.4 Å². The lowest BCUT2D eigenvalue weighted by atomic mass is 10.1. The van der Waals surface area contributed by atoms with E-state index in [0.29, 0.717) is 17.7 Å². The Balaban J connectivity index is 1.43. The zero-order chi connectivity index (χ0) is 17.4. The molecular formula is C19H17N3O3. The molecule has 0 saturated heterocycles. The molecular weight excluding hydrogens is 318 g/mol. The Hall–Kier alpha value is -3.28. The second-order valence-corrected chi connectivity index (χ2v) is 6.03. The van der Waals surface area contributed by atoms with Crippen LogP contribution in [-0.4, -0.2) is 22.5 Å². The second-order valence-electron chi connectivity index (χ2n) is 6.03. The number of aryl methyl sites for hydroxylation is 1. The minimum absolute atomic E-state index is 0.360. The van der Waals surface area contributed by atoms with Crippen molar-refractivity contribution >= 4 is 22.7 Å². The van der Waals surface area contributed by atoms with E-state index in [1.165, 1.54) is 0 Å². The number of aromatic nitrogens is 1. The zero-order valence-corrected chi connectivity index (χ0v) is 13.7. The minimum Gasteiger partial charge on any atom is -0.480 e. The highest BCUT2D eigenvalue weighted by Crippen LogP contribution is 2.28. The van der Waals surface area contributed by atoms with E-state index in [2.05, 4.69) is 10.9 Å². The molecule has 4 rings (SSSR count). The van der Waals surface area contributed by atoms with Gasteiger partial charge in [0.25, 0.3) is 11.8 Å². The highest BCUT2D eigenvalue weighted by Gasteiger charge is 2.29. The van der Waals surface area contributed by atoms with Gasteiger partial charge >= 0.3 is 0 Å². The van der Waals surface area contributed by atoms with E-state index in [0.717, 1.165) is 16.5 Å². The number of amides is 2. The largest absolute Gasteiger partial charge is 0.480 e. The summed E-state index contributed by atoms with van der Waals surface area (Å²) < 4.78 is 7.49. The molecule has 1 aliphatic rings. The number of ether oxygens (including phenoxy) is 1. The van der Waals surface area contributed by atoms with Crippen LogP contribution in [0, 0.1) is 0 Å². The maximum Gasteiger partial charge on any atom is 0.279 e. The Morgan fingerprint density at radius 2 is 1.84 bits per heavy atom. The summed E-state index contributed by atoms with van der Waals surface area (Å²) in [7, 11) is 1.88. The first kappa shape index (κ1) is 15.3. The summed E-state index contributed by atoms with van der Waals surface area (Å²) in [5, 5.41) is 0.835. The quantitative estimate of drug-likeness (QED) is 0.703. The van der Waals surface area contributed by atoms with Crippen LogP contribution in [0.2, 0.25) is 0 Å². The molecule has 2 aromatic carbocycles. The van der Waals surface area contributed by atoms with Crippen molar-refractivity contribution in [3.63, 3.8) is 0 Å². The first-order valence-corrected chi connectivity index (χ1v) is 8.02. The van der Waals surface area contributed by atoms with Gasteiger partial charge in [-0.25, -0.2) is 0 Å². The van der Waals surface area contributed by atoms with E-state index in [-0.39, 0.29) is 11.8 Å². The lowest BCUT2D eigenvalue weighted by molar-refractivity contribution is -0.128. The average molecular weight is 335 g/mol. The van der Waals surface area contributed by atoms with Crippen molar-refractivity contribution in [2.45, 2.75) is 12.5 Å². The van der Waals surface area contributed by atoms with Crippen LogP contribution in [0.15, 0.2) is 54.7 Å². The van der Waals surface area contributed by atoms with Crippen LogP contribution in [0.5, 0.6) is 5.75 Å². The smallest absolute Gasteiger partial charge is 0.279 e. The summed E-state index contributed by atoms with van der Waals surface area (Å²) in [6.07, 6.45) is 1.60.